The minimum atomic E-state index is 0.00706. The third-order valence-corrected chi connectivity index (χ3v) is 3.66. The number of likely N-dealkylation sites (tertiary alicyclic amines) is 1. The first-order chi connectivity index (χ1) is 9.58. The SMILES string of the molecule is COc1cc(N)ccc1NC(=O)CCN1CCC(C)C1. The Morgan fingerprint density at radius 1 is 1.55 bits per heavy atom. The van der Waals surface area contributed by atoms with Gasteiger partial charge in [-0.25, -0.2) is 0 Å². The van der Waals surface area contributed by atoms with Crippen molar-refractivity contribution in [1.29, 1.82) is 0 Å². The number of carbonyl (C=O) groups is 1. The fourth-order valence-corrected chi connectivity index (χ4v) is 2.51. The van der Waals surface area contributed by atoms with E-state index in [4.69, 9.17) is 10.5 Å². The Kier molecular flexibility index (Phi) is 4.84. The van der Waals surface area contributed by atoms with Crippen molar-refractivity contribution in [1.82, 2.24) is 4.90 Å². The molecule has 3 N–H and O–H groups in total. The summed E-state index contributed by atoms with van der Waals surface area (Å²) in [6.07, 6.45) is 1.73. The van der Waals surface area contributed by atoms with Crippen LogP contribution in [0.4, 0.5) is 11.4 Å². The van der Waals surface area contributed by atoms with Gasteiger partial charge in [-0.3, -0.25) is 4.79 Å². The van der Waals surface area contributed by atoms with E-state index in [2.05, 4.69) is 17.1 Å². The lowest BCUT2D eigenvalue weighted by Crippen LogP contribution is -2.25. The van der Waals surface area contributed by atoms with E-state index in [0.29, 0.717) is 23.5 Å². The highest BCUT2D eigenvalue weighted by atomic mass is 16.5. The van der Waals surface area contributed by atoms with Crippen molar-refractivity contribution in [3.05, 3.63) is 18.2 Å². The number of rotatable bonds is 5. The first kappa shape index (κ1) is 14.7. The van der Waals surface area contributed by atoms with Gasteiger partial charge in [0.2, 0.25) is 5.91 Å². The van der Waals surface area contributed by atoms with E-state index in [1.807, 2.05) is 0 Å². The molecule has 1 unspecified atom stereocenters. The zero-order valence-electron chi connectivity index (χ0n) is 12.2. The predicted octanol–water partition coefficient (Wildman–Crippen LogP) is 1.95. The quantitative estimate of drug-likeness (QED) is 0.807. The number of nitrogens with zero attached hydrogens (tertiary/aromatic N) is 1. The molecular formula is C15H23N3O2. The number of nitrogens with one attached hydrogen (secondary N) is 1. The van der Waals surface area contributed by atoms with E-state index in [1.54, 1.807) is 25.3 Å². The van der Waals surface area contributed by atoms with Gasteiger partial charge in [-0.1, -0.05) is 6.92 Å². The maximum Gasteiger partial charge on any atom is 0.225 e. The Bertz CT molecular complexity index is 476. The third kappa shape index (κ3) is 3.87. The molecule has 1 heterocycles. The Labute approximate surface area is 120 Å². The van der Waals surface area contributed by atoms with Gasteiger partial charge in [0, 0.05) is 31.3 Å². The number of nitrogens with two attached hydrogens (primary N) is 1. The van der Waals surface area contributed by atoms with Gasteiger partial charge >= 0.3 is 0 Å². The highest BCUT2D eigenvalue weighted by Gasteiger charge is 2.19. The van der Waals surface area contributed by atoms with E-state index in [1.165, 1.54) is 6.42 Å². The van der Waals surface area contributed by atoms with Crippen LogP contribution in [0.1, 0.15) is 19.8 Å². The summed E-state index contributed by atoms with van der Waals surface area (Å²) in [5.41, 5.74) is 6.97. The number of amides is 1. The summed E-state index contributed by atoms with van der Waals surface area (Å²) in [6, 6.07) is 5.22. The lowest BCUT2D eigenvalue weighted by atomic mass is 10.2. The van der Waals surface area contributed by atoms with E-state index < -0.39 is 0 Å². The fourth-order valence-electron chi connectivity index (χ4n) is 2.51. The van der Waals surface area contributed by atoms with Crippen LogP contribution in [-0.4, -0.2) is 37.6 Å². The van der Waals surface area contributed by atoms with Crippen molar-refractivity contribution in [2.24, 2.45) is 5.92 Å². The third-order valence-electron chi connectivity index (χ3n) is 3.66. The molecule has 20 heavy (non-hydrogen) atoms. The minimum absolute atomic E-state index is 0.00706. The average Bonchev–Trinajstić information content (AvgIpc) is 2.84. The summed E-state index contributed by atoms with van der Waals surface area (Å²) in [5.74, 6) is 1.34. The first-order valence-electron chi connectivity index (χ1n) is 7.04. The van der Waals surface area contributed by atoms with Gasteiger partial charge in [0.15, 0.2) is 0 Å². The summed E-state index contributed by atoms with van der Waals surface area (Å²) in [6.45, 7) is 5.25. The number of ether oxygens (including phenoxy) is 1. The number of benzene rings is 1. The van der Waals surface area contributed by atoms with Crippen molar-refractivity contribution in [2.75, 3.05) is 37.8 Å². The number of hydrogen-bond donors (Lipinski definition) is 2. The molecule has 1 saturated heterocycles. The van der Waals surface area contributed by atoms with Crippen LogP contribution in [0.15, 0.2) is 18.2 Å². The molecule has 1 fully saturated rings. The Hall–Kier alpha value is -1.75. The standard InChI is InChI=1S/C15H23N3O2/c1-11-5-7-18(10-11)8-6-15(19)17-13-4-3-12(16)9-14(13)20-2/h3-4,9,11H,5-8,10,16H2,1-2H3,(H,17,19). The van der Waals surface area contributed by atoms with Gasteiger partial charge in [-0.15, -0.1) is 0 Å². The average molecular weight is 277 g/mol. The molecule has 0 radical (unpaired) electrons. The Morgan fingerprint density at radius 3 is 3.00 bits per heavy atom. The molecule has 1 aliphatic heterocycles. The topological polar surface area (TPSA) is 67.6 Å². The minimum Gasteiger partial charge on any atom is -0.494 e. The van der Waals surface area contributed by atoms with Crippen LogP contribution in [-0.2, 0) is 4.79 Å². The summed E-state index contributed by atoms with van der Waals surface area (Å²) in [4.78, 5) is 14.3. The summed E-state index contributed by atoms with van der Waals surface area (Å²) < 4.78 is 5.21. The van der Waals surface area contributed by atoms with E-state index in [0.717, 1.165) is 25.6 Å². The molecule has 1 aliphatic rings. The molecule has 5 heteroatoms. The molecule has 0 spiro atoms. The molecule has 0 aliphatic carbocycles. The molecule has 0 aromatic heterocycles. The number of methoxy groups -OCH3 is 1. The second kappa shape index (κ2) is 6.61. The van der Waals surface area contributed by atoms with Crippen LogP contribution in [0.25, 0.3) is 0 Å². The molecule has 2 rings (SSSR count). The lowest BCUT2D eigenvalue weighted by molar-refractivity contribution is -0.116. The predicted molar refractivity (Wildman–Crippen MR) is 80.9 cm³/mol. The maximum absolute atomic E-state index is 12.0. The zero-order chi connectivity index (χ0) is 14.5. The maximum atomic E-state index is 12.0. The van der Waals surface area contributed by atoms with Crippen molar-refractivity contribution >= 4 is 17.3 Å². The molecular weight excluding hydrogens is 254 g/mol. The number of nitrogen functional groups attached to an aromatic ring is 1. The largest absolute Gasteiger partial charge is 0.494 e. The summed E-state index contributed by atoms with van der Waals surface area (Å²) in [5, 5.41) is 2.88. The monoisotopic (exact) mass is 277 g/mol. The normalized spacial score (nSPS) is 19.0. The van der Waals surface area contributed by atoms with Gasteiger partial charge in [0.1, 0.15) is 5.75 Å². The van der Waals surface area contributed by atoms with Crippen LogP contribution < -0.4 is 15.8 Å². The Morgan fingerprint density at radius 2 is 2.35 bits per heavy atom. The van der Waals surface area contributed by atoms with Gasteiger partial charge in [-0.2, -0.15) is 0 Å². The second-order valence-corrected chi connectivity index (χ2v) is 5.45. The lowest BCUT2D eigenvalue weighted by Gasteiger charge is -2.15. The van der Waals surface area contributed by atoms with Crippen molar-refractivity contribution < 1.29 is 9.53 Å². The van der Waals surface area contributed by atoms with Crippen LogP contribution >= 0.6 is 0 Å². The smallest absolute Gasteiger partial charge is 0.225 e. The van der Waals surface area contributed by atoms with Crippen molar-refractivity contribution in [2.45, 2.75) is 19.8 Å². The van der Waals surface area contributed by atoms with E-state index in [-0.39, 0.29) is 5.91 Å². The molecule has 5 nitrogen and oxygen atoms in total. The van der Waals surface area contributed by atoms with Gasteiger partial charge < -0.3 is 20.7 Å². The van der Waals surface area contributed by atoms with E-state index in [9.17, 15) is 4.79 Å². The van der Waals surface area contributed by atoms with Crippen LogP contribution in [0, 0.1) is 5.92 Å². The van der Waals surface area contributed by atoms with Crippen LogP contribution in [0.2, 0.25) is 0 Å². The van der Waals surface area contributed by atoms with Crippen molar-refractivity contribution in [3.8, 4) is 5.75 Å². The number of anilines is 2. The first-order valence-corrected chi connectivity index (χ1v) is 7.04. The number of carbonyl (C=O) groups excluding carboxylic acids is 1. The molecule has 110 valence electrons. The molecule has 1 atom stereocenters. The van der Waals surface area contributed by atoms with Crippen LogP contribution in [0.5, 0.6) is 5.75 Å². The second-order valence-electron chi connectivity index (χ2n) is 5.45. The highest BCUT2D eigenvalue weighted by Crippen LogP contribution is 2.26. The highest BCUT2D eigenvalue weighted by molar-refractivity contribution is 5.92. The summed E-state index contributed by atoms with van der Waals surface area (Å²) in [7, 11) is 1.57. The molecule has 1 aromatic rings. The van der Waals surface area contributed by atoms with E-state index >= 15 is 0 Å². The fraction of sp³-hybridized carbons (Fsp3) is 0.533. The van der Waals surface area contributed by atoms with Gasteiger partial charge in [0.25, 0.3) is 0 Å². The number of hydrogen-bond acceptors (Lipinski definition) is 4. The summed E-state index contributed by atoms with van der Waals surface area (Å²) >= 11 is 0. The Balaban J connectivity index is 1.85. The van der Waals surface area contributed by atoms with Crippen LogP contribution in [0.3, 0.4) is 0 Å². The molecule has 1 aromatic carbocycles. The molecule has 0 bridgehead atoms. The van der Waals surface area contributed by atoms with Gasteiger partial charge in [0.05, 0.1) is 12.8 Å². The van der Waals surface area contributed by atoms with Crippen molar-refractivity contribution in [3.63, 3.8) is 0 Å². The molecule has 1 amide bonds. The zero-order valence-corrected chi connectivity index (χ0v) is 12.2. The van der Waals surface area contributed by atoms with Gasteiger partial charge in [-0.05, 0) is 31.0 Å². The molecule has 0 saturated carbocycles.